The number of unbranched alkanes of at least 4 members (excludes halogenated alkanes) is 5. The van der Waals surface area contributed by atoms with Gasteiger partial charge in [0.15, 0.2) is 5.69 Å². The summed E-state index contributed by atoms with van der Waals surface area (Å²) in [6.07, 6.45) is 9.71. The average molecular weight is 281 g/mol. The van der Waals surface area contributed by atoms with Crippen LogP contribution in [0.15, 0.2) is 6.33 Å². The van der Waals surface area contributed by atoms with E-state index in [0.717, 1.165) is 12.8 Å². The average Bonchev–Trinajstić information content (AvgIpc) is 2.46. The third kappa shape index (κ3) is 6.08. The third-order valence-electron chi connectivity index (χ3n) is 2.99. The molecule has 0 saturated carbocycles. The molecule has 5 heteroatoms. The Bertz CT molecular complexity index is 372. The molecule has 20 heavy (non-hydrogen) atoms. The van der Waals surface area contributed by atoms with Gasteiger partial charge in [-0.25, -0.2) is 0 Å². The maximum absolute atomic E-state index is 5.93. The van der Waals surface area contributed by atoms with E-state index in [4.69, 9.17) is 15.2 Å². The van der Waals surface area contributed by atoms with Crippen LogP contribution in [0.1, 0.15) is 58.8 Å². The van der Waals surface area contributed by atoms with Crippen molar-refractivity contribution in [1.29, 1.82) is 0 Å². The van der Waals surface area contributed by atoms with Crippen molar-refractivity contribution in [3.8, 4) is 11.8 Å². The Kier molecular flexibility index (Phi) is 8.51. The van der Waals surface area contributed by atoms with Crippen molar-refractivity contribution in [2.75, 3.05) is 18.9 Å². The van der Waals surface area contributed by atoms with Crippen LogP contribution in [0.2, 0.25) is 0 Å². The van der Waals surface area contributed by atoms with Gasteiger partial charge in [0.1, 0.15) is 6.33 Å². The number of anilines is 1. The maximum Gasteiger partial charge on any atom is 0.244 e. The number of hydrogen-bond acceptors (Lipinski definition) is 5. The number of nitrogens with zero attached hydrogens (tertiary/aromatic N) is 2. The van der Waals surface area contributed by atoms with E-state index in [1.54, 1.807) is 0 Å². The van der Waals surface area contributed by atoms with Crippen LogP contribution < -0.4 is 15.2 Å². The fourth-order valence-electron chi connectivity index (χ4n) is 1.84. The first-order valence-corrected chi connectivity index (χ1v) is 7.65. The summed E-state index contributed by atoms with van der Waals surface area (Å²) in [5.74, 6) is 0.847. The van der Waals surface area contributed by atoms with E-state index in [2.05, 4.69) is 16.9 Å². The van der Waals surface area contributed by atoms with Crippen LogP contribution in [0.5, 0.6) is 11.8 Å². The maximum atomic E-state index is 5.93. The summed E-state index contributed by atoms with van der Waals surface area (Å²) < 4.78 is 11.1. The van der Waals surface area contributed by atoms with E-state index < -0.39 is 0 Å². The second-order valence-electron chi connectivity index (χ2n) is 4.86. The highest BCUT2D eigenvalue weighted by Crippen LogP contribution is 2.26. The molecule has 2 N–H and O–H groups in total. The molecule has 0 aliphatic heterocycles. The summed E-state index contributed by atoms with van der Waals surface area (Å²) in [6, 6.07) is 0. The SMILES string of the molecule is CCCCCCCCOc1ncnc(OCCC)c1N. The van der Waals surface area contributed by atoms with Gasteiger partial charge in [0.25, 0.3) is 0 Å². The van der Waals surface area contributed by atoms with Crippen molar-refractivity contribution in [3.05, 3.63) is 6.33 Å². The molecule has 0 unspecified atom stereocenters. The van der Waals surface area contributed by atoms with Gasteiger partial charge in [-0.2, -0.15) is 9.97 Å². The number of hydrogen-bond donors (Lipinski definition) is 1. The first kappa shape index (κ1) is 16.5. The Hall–Kier alpha value is -1.52. The molecule has 0 radical (unpaired) electrons. The summed E-state index contributed by atoms with van der Waals surface area (Å²) >= 11 is 0. The summed E-state index contributed by atoms with van der Waals surface area (Å²) in [6.45, 7) is 5.49. The van der Waals surface area contributed by atoms with Crippen LogP contribution in [0.4, 0.5) is 5.69 Å². The van der Waals surface area contributed by atoms with Gasteiger partial charge >= 0.3 is 0 Å². The van der Waals surface area contributed by atoms with Gasteiger partial charge in [0.2, 0.25) is 11.8 Å². The normalized spacial score (nSPS) is 10.5. The van der Waals surface area contributed by atoms with Crippen LogP contribution in [-0.4, -0.2) is 23.2 Å². The van der Waals surface area contributed by atoms with Crippen molar-refractivity contribution in [1.82, 2.24) is 9.97 Å². The molecular formula is C15H27N3O2. The number of nitrogen functional groups attached to an aromatic ring is 1. The molecular weight excluding hydrogens is 254 g/mol. The lowest BCUT2D eigenvalue weighted by molar-refractivity contribution is 0.282. The molecule has 0 atom stereocenters. The molecule has 0 aliphatic carbocycles. The van der Waals surface area contributed by atoms with E-state index in [-0.39, 0.29) is 0 Å². The highest BCUT2D eigenvalue weighted by molar-refractivity contribution is 5.55. The second-order valence-corrected chi connectivity index (χ2v) is 4.86. The number of nitrogens with two attached hydrogens (primary N) is 1. The van der Waals surface area contributed by atoms with Crippen LogP contribution >= 0.6 is 0 Å². The van der Waals surface area contributed by atoms with E-state index in [9.17, 15) is 0 Å². The summed E-state index contributed by atoms with van der Waals surface area (Å²) in [5.41, 5.74) is 6.32. The second kappa shape index (κ2) is 10.3. The molecule has 1 heterocycles. The Morgan fingerprint density at radius 2 is 1.45 bits per heavy atom. The van der Waals surface area contributed by atoms with Gasteiger partial charge in [0.05, 0.1) is 13.2 Å². The van der Waals surface area contributed by atoms with Gasteiger partial charge in [-0.3, -0.25) is 0 Å². The van der Waals surface area contributed by atoms with Gasteiger partial charge in [-0.15, -0.1) is 0 Å². The Balaban J connectivity index is 2.29. The van der Waals surface area contributed by atoms with E-state index in [1.807, 2.05) is 6.92 Å². The molecule has 0 aromatic carbocycles. The minimum absolute atomic E-state index is 0.395. The molecule has 1 aromatic rings. The van der Waals surface area contributed by atoms with Crippen LogP contribution in [0.25, 0.3) is 0 Å². The monoisotopic (exact) mass is 281 g/mol. The molecule has 0 aliphatic rings. The summed E-state index contributed by atoms with van der Waals surface area (Å²) in [7, 11) is 0. The highest BCUT2D eigenvalue weighted by Gasteiger charge is 2.10. The van der Waals surface area contributed by atoms with Gasteiger partial charge in [0, 0.05) is 0 Å². The van der Waals surface area contributed by atoms with Crippen molar-refractivity contribution in [3.63, 3.8) is 0 Å². The first-order chi connectivity index (χ1) is 9.79. The Morgan fingerprint density at radius 1 is 0.850 bits per heavy atom. The molecule has 114 valence electrons. The van der Waals surface area contributed by atoms with Gasteiger partial charge < -0.3 is 15.2 Å². The number of ether oxygens (including phenoxy) is 2. The minimum Gasteiger partial charge on any atom is -0.476 e. The van der Waals surface area contributed by atoms with Crippen LogP contribution in [0, 0.1) is 0 Å². The summed E-state index contributed by atoms with van der Waals surface area (Å²) in [5, 5.41) is 0. The molecule has 0 saturated heterocycles. The zero-order valence-electron chi connectivity index (χ0n) is 12.7. The largest absolute Gasteiger partial charge is 0.476 e. The lowest BCUT2D eigenvalue weighted by Crippen LogP contribution is -2.06. The van der Waals surface area contributed by atoms with Crippen molar-refractivity contribution < 1.29 is 9.47 Å². The first-order valence-electron chi connectivity index (χ1n) is 7.65. The minimum atomic E-state index is 0.395. The highest BCUT2D eigenvalue weighted by atomic mass is 16.5. The van der Waals surface area contributed by atoms with Crippen molar-refractivity contribution >= 4 is 5.69 Å². The molecule has 5 nitrogen and oxygen atoms in total. The van der Waals surface area contributed by atoms with Crippen molar-refractivity contribution in [2.24, 2.45) is 0 Å². The van der Waals surface area contributed by atoms with Crippen molar-refractivity contribution in [2.45, 2.75) is 58.8 Å². The predicted molar refractivity (Wildman–Crippen MR) is 81.1 cm³/mol. The summed E-state index contributed by atoms with van der Waals surface area (Å²) in [4.78, 5) is 8.07. The van der Waals surface area contributed by atoms with E-state index in [1.165, 1.54) is 38.4 Å². The van der Waals surface area contributed by atoms with Gasteiger partial charge in [-0.1, -0.05) is 46.0 Å². The van der Waals surface area contributed by atoms with E-state index >= 15 is 0 Å². The quantitative estimate of drug-likeness (QED) is 0.628. The fraction of sp³-hybridized carbons (Fsp3) is 0.733. The molecule has 1 aromatic heterocycles. The third-order valence-corrected chi connectivity index (χ3v) is 2.99. The number of rotatable bonds is 11. The topological polar surface area (TPSA) is 70.3 Å². The standard InChI is InChI=1S/C15H27N3O2/c1-3-5-6-7-8-9-11-20-15-13(16)14(17-12-18-15)19-10-4-2/h12H,3-11,16H2,1-2H3. The van der Waals surface area contributed by atoms with Crippen LogP contribution in [-0.2, 0) is 0 Å². The van der Waals surface area contributed by atoms with Crippen LogP contribution in [0.3, 0.4) is 0 Å². The zero-order chi connectivity index (χ0) is 14.6. The molecule has 1 rings (SSSR count). The number of aromatic nitrogens is 2. The molecule has 0 amide bonds. The molecule has 0 fully saturated rings. The molecule has 0 spiro atoms. The Morgan fingerprint density at radius 3 is 2.10 bits per heavy atom. The molecule has 0 bridgehead atoms. The Labute approximate surface area is 121 Å². The predicted octanol–water partition coefficient (Wildman–Crippen LogP) is 3.59. The smallest absolute Gasteiger partial charge is 0.244 e. The van der Waals surface area contributed by atoms with Gasteiger partial charge in [-0.05, 0) is 12.8 Å². The van der Waals surface area contributed by atoms with E-state index in [0.29, 0.717) is 30.7 Å². The zero-order valence-corrected chi connectivity index (χ0v) is 12.7. The fourth-order valence-corrected chi connectivity index (χ4v) is 1.84. The lowest BCUT2D eigenvalue weighted by Gasteiger charge is -2.10. The lowest BCUT2D eigenvalue weighted by atomic mass is 10.1.